The summed E-state index contributed by atoms with van der Waals surface area (Å²) >= 11 is 0. The van der Waals surface area contributed by atoms with Crippen LogP contribution in [0.1, 0.15) is 43.3 Å². The number of aromatic nitrogens is 6. The van der Waals surface area contributed by atoms with E-state index < -0.39 is 0 Å². The minimum Gasteiger partial charge on any atom is -0.339 e. The molecule has 172 valence electrons. The molecule has 1 amide bonds. The summed E-state index contributed by atoms with van der Waals surface area (Å²) in [4.78, 5) is 21.4. The monoisotopic (exact) mass is 455 g/mol. The van der Waals surface area contributed by atoms with E-state index in [1.807, 2.05) is 47.1 Å². The van der Waals surface area contributed by atoms with Gasteiger partial charge in [-0.1, -0.05) is 49.3 Å². The van der Waals surface area contributed by atoms with Crippen molar-refractivity contribution in [3.8, 4) is 11.4 Å². The molecule has 9 nitrogen and oxygen atoms in total. The van der Waals surface area contributed by atoms with Gasteiger partial charge < -0.3 is 14.2 Å². The number of rotatable bonds is 8. The number of anilines is 1. The highest BCUT2D eigenvalue weighted by Gasteiger charge is 2.12. The largest absolute Gasteiger partial charge is 0.339 e. The molecular weight excluding hydrogens is 430 g/mol. The fraction of sp³-hybridized carbons (Fsp3) is 0.240. The highest BCUT2D eigenvalue weighted by molar-refractivity contribution is 5.90. The predicted octanol–water partition coefficient (Wildman–Crippen LogP) is 4.32. The van der Waals surface area contributed by atoms with Gasteiger partial charge in [-0.05, 0) is 23.6 Å². The Kier molecular flexibility index (Phi) is 5.90. The first kappa shape index (κ1) is 21.6. The Morgan fingerprint density at radius 3 is 2.74 bits per heavy atom. The quantitative estimate of drug-likeness (QED) is 0.374. The fourth-order valence-electron chi connectivity index (χ4n) is 3.68. The summed E-state index contributed by atoms with van der Waals surface area (Å²) in [5, 5.41) is 11.2. The molecule has 0 fully saturated rings. The van der Waals surface area contributed by atoms with E-state index >= 15 is 0 Å². The maximum Gasteiger partial charge on any atom is 0.227 e. The van der Waals surface area contributed by atoms with Crippen molar-refractivity contribution in [2.45, 2.75) is 39.2 Å². The number of aryl methyl sites for hydroxylation is 1. The Bertz CT molecular complexity index is 1380. The lowest BCUT2D eigenvalue weighted by atomic mass is 10.0. The summed E-state index contributed by atoms with van der Waals surface area (Å²) in [7, 11) is 0. The molecule has 0 saturated heterocycles. The molecule has 4 heterocycles. The van der Waals surface area contributed by atoms with E-state index in [1.165, 1.54) is 5.56 Å². The maximum atomic E-state index is 12.4. The standard InChI is InChI=1S/C25H25N7O2/c1-17(2)18-6-8-19(9-7-18)25-29-24(34-30-25)11-10-23(33)28-20-13-26-32(15-20)16-21-14-31-12-4-3-5-22(31)27-21/h3-9,12-15,17H,10-11,16H2,1-2H3,(H,28,33). The van der Waals surface area contributed by atoms with Crippen molar-refractivity contribution < 1.29 is 9.32 Å². The zero-order chi connectivity index (χ0) is 23.5. The van der Waals surface area contributed by atoms with Gasteiger partial charge in [0.05, 0.1) is 24.1 Å². The third kappa shape index (κ3) is 4.88. The Balaban J connectivity index is 1.14. The van der Waals surface area contributed by atoms with Gasteiger partial charge in [0.1, 0.15) is 5.65 Å². The van der Waals surface area contributed by atoms with Crippen LogP contribution in [0.2, 0.25) is 0 Å². The van der Waals surface area contributed by atoms with Crippen LogP contribution in [0.5, 0.6) is 0 Å². The van der Waals surface area contributed by atoms with Crippen molar-refractivity contribution in [2.75, 3.05) is 5.32 Å². The van der Waals surface area contributed by atoms with E-state index in [0.717, 1.165) is 16.9 Å². The molecule has 9 heteroatoms. The molecule has 5 aromatic rings. The van der Waals surface area contributed by atoms with Crippen molar-refractivity contribution in [1.29, 1.82) is 0 Å². The third-order valence-corrected chi connectivity index (χ3v) is 5.52. The van der Waals surface area contributed by atoms with Gasteiger partial charge >= 0.3 is 0 Å². The smallest absolute Gasteiger partial charge is 0.227 e. The van der Waals surface area contributed by atoms with Crippen LogP contribution in [0.4, 0.5) is 5.69 Å². The van der Waals surface area contributed by atoms with Gasteiger partial charge in [-0.2, -0.15) is 10.1 Å². The van der Waals surface area contributed by atoms with Crippen LogP contribution in [0.15, 0.2) is 71.8 Å². The minimum absolute atomic E-state index is 0.145. The number of carbonyl (C=O) groups excluding carboxylic acids is 1. The lowest BCUT2D eigenvalue weighted by Crippen LogP contribution is -2.12. The van der Waals surface area contributed by atoms with E-state index in [-0.39, 0.29) is 12.3 Å². The molecular formula is C25H25N7O2. The van der Waals surface area contributed by atoms with E-state index in [9.17, 15) is 4.79 Å². The summed E-state index contributed by atoms with van der Waals surface area (Å²) < 4.78 is 9.03. The molecule has 5 rings (SSSR count). The summed E-state index contributed by atoms with van der Waals surface area (Å²) in [5.74, 6) is 1.28. The highest BCUT2D eigenvalue weighted by Crippen LogP contribution is 2.21. The first-order valence-corrected chi connectivity index (χ1v) is 11.2. The van der Waals surface area contributed by atoms with Gasteiger partial charge in [0.15, 0.2) is 0 Å². The fourth-order valence-corrected chi connectivity index (χ4v) is 3.68. The van der Waals surface area contributed by atoms with E-state index in [1.54, 1.807) is 17.1 Å². The minimum atomic E-state index is -0.145. The van der Waals surface area contributed by atoms with E-state index in [2.05, 4.69) is 51.5 Å². The first-order chi connectivity index (χ1) is 16.5. The van der Waals surface area contributed by atoms with Crippen LogP contribution in [0, 0.1) is 0 Å². The zero-order valence-electron chi connectivity index (χ0n) is 19.0. The highest BCUT2D eigenvalue weighted by atomic mass is 16.5. The molecule has 0 aliphatic heterocycles. The molecule has 0 aliphatic carbocycles. The van der Waals surface area contributed by atoms with E-state index in [4.69, 9.17) is 4.52 Å². The molecule has 0 atom stereocenters. The molecule has 0 aliphatic rings. The van der Waals surface area contributed by atoms with Gasteiger partial charge in [0.2, 0.25) is 17.6 Å². The second-order valence-electron chi connectivity index (χ2n) is 8.46. The van der Waals surface area contributed by atoms with Crippen LogP contribution in [-0.2, 0) is 17.8 Å². The molecule has 0 saturated carbocycles. The topological polar surface area (TPSA) is 103 Å². The lowest BCUT2D eigenvalue weighted by Gasteiger charge is -2.04. The SMILES string of the molecule is CC(C)c1ccc(-c2noc(CCC(=O)Nc3cnn(Cc4cn5ccccc5n4)c3)n2)cc1. The van der Waals surface area contributed by atoms with Gasteiger partial charge in [-0.3, -0.25) is 9.48 Å². The number of hydrogen-bond donors (Lipinski definition) is 1. The van der Waals surface area contributed by atoms with Crippen LogP contribution >= 0.6 is 0 Å². The summed E-state index contributed by atoms with van der Waals surface area (Å²) in [6, 6.07) is 14.0. The molecule has 0 spiro atoms. The number of carbonyl (C=O) groups is 1. The van der Waals surface area contributed by atoms with Gasteiger partial charge in [-0.25, -0.2) is 4.98 Å². The maximum absolute atomic E-state index is 12.4. The second-order valence-corrected chi connectivity index (χ2v) is 8.46. The number of nitrogens with zero attached hydrogens (tertiary/aromatic N) is 6. The Morgan fingerprint density at radius 1 is 1.09 bits per heavy atom. The van der Waals surface area contributed by atoms with Gasteiger partial charge in [0.25, 0.3) is 0 Å². The van der Waals surface area contributed by atoms with Crippen molar-refractivity contribution in [3.63, 3.8) is 0 Å². The van der Waals surface area contributed by atoms with Crippen LogP contribution < -0.4 is 5.32 Å². The Morgan fingerprint density at radius 2 is 1.94 bits per heavy atom. The number of nitrogens with one attached hydrogen (secondary N) is 1. The average molecular weight is 456 g/mol. The molecule has 34 heavy (non-hydrogen) atoms. The molecule has 1 N–H and O–H groups in total. The normalized spacial score (nSPS) is 11.4. The number of pyridine rings is 1. The molecule has 0 radical (unpaired) electrons. The molecule has 4 aromatic heterocycles. The summed E-state index contributed by atoms with van der Waals surface area (Å²) in [6.07, 6.45) is 7.92. The lowest BCUT2D eigenvalue weighted by molar-refractivity contribution is -0.116. The van der Waals surface area contributed by atoms with Gasteiger partial charge in [0, 0.05) is 37.0 Å². The predicted molar refractivity (Wildman–Crippen MR) is 127 cm³/mol. The summed E-state index contributed by atoms with van der Waals surface area (Å²) in [6.45, 7) is 4.82. The van der Waals surface area contributed by atoms with Crippen molar-refractivity contribution in [1.82, 2.24) is 29.3 Å². The van der Waals surface area contributed by atoms with Gasteiger partial charge in [-0.15, -0.1) is 0 Å². The van der Waals surface area contributed by atoms with Crippen LogP contribution in [0.3, 0.4) is 0 Å². The van der Waals surface area contributed by atoms with Crippen LogP contribution in [-0.4, -0.2) is 35.2 Å². The summed E-state index contributed by atoms with van der Waals surface area (Å²) in [5.41, 5.74) is 4.55. The third-order valence-electron chi connectivity index (χ3n) is 5.52. The molecule has 1 aromatic carbocycles. The van der Waals surface area contributed by atoms with Crippen molar-refractivity contribution in [3.05, 3.63) is 84.4 Å². The Hall–Kier alpha value is -4.27. The Labute approximate surface area is 196 Å². The zero-order valence-corrected chi connectivity index (χ0v) is 19.0. The molecule has 0 bridgehead atoms. The van der Waals surface area contributed by atoms with Crippen LogP contribution in [0.25, 0.3) is 17.0 Å². The number of amides is 1. The van der Waals surface area contributed by atoms with Crippen molar-refractivity contribution in [2.24, 2.45) is 0 Å². The number of imidazole rings is 1. The molecule has 0 unspecified atom stereocenters. The van der Waals surface area contributed by atoms with Crippen molar-refractivity contribution >= 4 is 17.2 Å². The number of fused-ring (bicyclic) bond motifs is 1. The first-order valence-electron chi connectivity index (χ1n) is 11.2. The van der Waals surface area contributed by atoms with E-state index in [0.29, 0.717) is 36.3 Å². The average Bonchev–Trinajstić information content (AvgIpc) is 3.57. The second kappa shape index (κ2) is 9.30. The number of benzene rings is 1. The number of hydrogen-bond acceptors (Lipinski definition) is 6.